The van der Waals surface area contributed by atoms with Gasteiger partial charge in [-0.25, -0.2) is 9.87 Å². The van der Waals surface area contributed by atoms with E-state index in [2.05, 4.69) is 10.3 Å². The number of rotatable bonds is 5. The van der Waals surface area contributed by atoms with Gasteiger partial charge in [0.25, 0.3) is 5.91 Å². The molecule has 0 heterocycles. The van der Waals surface area contributed by atoms with Crippen molar-refractivity contribution in [2.75, 3.05) is 6.61 Å². The van der Waals surface area contributed by atoms with Crippen molar-refractivity contribution in [2.24, 2.45) is 5.73 Å². The van der Waals surface area contributed by atoms with Crippen molar-refractivity contribution in [3.8, 4) is 0 Å². The van der Waals surface area contributed by atoms with E-state index >= 15 is 0 Å². The van der Waals surface area contributed by atoms with Crippen LogP contribution in [0.5, 0.6) is 0 Å². The third kappa shape index (κ3) is 2.48. The minimum atomic E-state index is -0.665. The van der Waals surface area contributed by atoms with Gasteiger partial charge in [-0.15, -0.1) is 0 Å². The Morgan fingerprint density at radius 3 is 2.44 bits per heavy atom. The number of amides is 2. The van der Waals surface area contributed by atoms with Crippen molar-refractivity contribution in [3.63, 3.8) is 0 Å². The topological polar surface area (TPSA) is 81.4 Å². The smallest absolute Gasteiger partial charge is 0.254 e. The highest BCUT2D eigenvalue weighted by Gasteiger charge is 2.51. The van der Waals surface area contributed by atoms with E-state index in [0.29, 0.717) is 12.8 Å². The van der Waals surface area contributed by atoms with Crippen LogP contribution in [0.15, 0.2) is 24.3 Å². The molecule has 96 valence electrons. The third-order valence-corrected chi connectivity index (χ3v) is 2.96. The molecular formula is C12H13FN2O3. The van der Waals surface area contributed by atoms with Crippen molar-refractivity contribution in [3.05, 3.63) is 35.6 Å². The van der Waals surface area contributed by atoms with Crippen molar-refractivity contribution in [1.82, 2.24) is 5.48 Å². The number of hydrogen-bond acceptors (Lipinski definition) is 3. The molecule has 1 aromatic rings. The molecule has 18 heavy (non-hydrogen) atoms. The minimum absolute atomic E-state index is 0.338. The molecule has 0 aliphatic heterocycles. The Morgan fingerprint density at radius 1 is 1.33 bits per heavy atom. The van der Waals surface area contributed by atoms with E-state index in [1.54, 1.807) is 12.1 Å². The first-order valence-corrected chi connectivity index (χ1v) is 5.51. The molecule has 1 saturated carbocycles. The Morgan fingerprint density at radius 2 is 1.94 bits per heavy atom. The molecule has 1 fully saturated rings. The SMILES string of the molecule is NC(=O)CONC(=O)C1(c2ccc(F)cc2)CC1. The van der Waals surface area contributed by atoms with Crippen LogP contribution in [0.3, 0.4) is 0 Å². The molecule has 0 unspecified atom stereocenters. The molecule has 1 aliphatic carbocycles. The zero-order valence-corrected chi connectivity index (χ0v) is 9.61. The Kier molecular flexibility index (Phi) is 3.29. The summed E-state index contributed by atoms with van der Waals surface area (Å²) in [5.74, 6) is -1.35. The summed E-state index contributed by atoms with van der Waals surface area (Å²) >= 11 is 0. The molecule has 3 N–H and O–H groups in total. The molecule has 0 radical (unpaired) electrons. The maximum Gasteiger partial charge on any atom is 0.254 e. The molecule has 2 rings (SSSR count). The van der Waals surface area contributed by atoms with Crippen molar-refractivity contribution in [1.29, 1.82) is 0 Å². The fraction of sp³-hybridized carbons (Fsp3) is 0.333. The van der Waals surface area contributed by atoms with Crippen LogP contribution < -0.4 is 11.2 Å². The average Bonchev–Trinajstić information content (AvgIpc) is 3.10. The highest BCUT2D eigenvalue weighted by Crippen LogP contribution is 2.48. The van der Waals surface area contributed by atoms with Crippen LogP contribution in [0.1, 0.15) is 18.4 Å². The highest BCUT2D eigenvalue weighted by atomic mass is 19.1. The first kappa shape index (κ1) is 12.5. The highest BCUT2D eigenvalue weighted by molar-refractivity contribution is 5.90. The number of hydrogen-bond donors (Lipinski definition) is 2. The van der Waals surface area contributed by atoms with E-state index in [9.17, 15) is 14.0 Å². The monoisotopic (exact) mass is 252 g/mol. The van der Waals surface area contributed by atoms with Gasteiger partial charge in [0.2, 0.25) is 5.91 Å². The Balaban J connectivity index is 2.00. The Labute approximate surface area is 103 Å². The first-order valence-electron chi connectivity index (χ1n) is 5.51. The van der Waals surface area contributed by atoms with Crippen LogP contribution in [0, 0.1) is 5.82 Å². The largest absolute Gasteiger partial charge is 0.368 e. The quantitative estimate of drug-likeness (QED) is 0.744. The summed E-state index contributed by atoms with van der Waals surface area (Å²) in [5, 5.41) is 0. The normalized spacial score (nSPS) is 16.1. The molecule has 1 aliphatic rings. The second-order valence-electron chi connectivity index (χ2n) is 4.28. The van der Waals surface area contributed by atoms with Crippen LogP contribution in [0.2, 0.25) is 0 Å². The summed E-state index contributed by atoms with van der Waals surface area (Å²) in [6.07, 6.45) is 1.34. The lowest BCUT2D eigenvalue weighted by molar-refractivity contribution is -0.140. The van der Waals surface area contributed by atoms with Gasteiger partial charge in [-0.05, 0) is 30.5 Å². The van der Waals surface area contributed by atoms with Gasteiger partial charge in [0.1, 0.15) is 5.82 Å². The molecular weight excluding hydrogens is 239 g/mol. The van der Waals surface area contributed by atoms with E-state index in [0.717, 1.165) is 5.56 Å². The van der Waals surface area contributed by atoms with Gasteiger partial charge in [0.05, 0.1) is 5.41 Å². The summed E-state index contributed by atoms with van der Waals surface area (Å²) < 4.78 is 12.8. The van der Waals surface area contributed by atoms with E-state index in [1.807, 2.05) is 0 Å². The third-order valence-electron chi connectivity index (χ3n) is 2.96. The Hall–Kier alpha value is -1.95. The molecule has 2 amide bonds. The van der Waals surface area contributed by atoms with Crippen LogP contribution in [-0.2, 0) is 19.8 Å². The standard InChI is InChI=1S/C12H13FN2O3/c13-9-3-1-8(2-4-9)12(5-6-12)11(17)15-18-7-10(14)16/h1-4H,5-7H2,(H2,14,16)(H,15,17). The van der Waals surface area contributed by atoms with Gasteiger partial charge in [0, 0.05) is 0 Å². The summed E-state index contributed by atoms with van der Waals surface area (Å²) in [4.78, 5) is 27.1. The number of carbonyl (C=O) groups is 2. The molecule has 5 nitrogen and oxygen atoms in total. The van der Waals surface area contributed by atoms with Crippen LogP contribution >= 0.6 is 0 Å². The van der Waals surface area contributed by atoms with Gasteiger partial charge in [-0.1, -0.05) is 12.1 Å². The predicted octanol–water partition coefficient (Wildman–Crippen LogP) is 0.390. The number of primary amides is 1. The second kappa shape index (κ2) is 4.73. The van der Waals surface area contributed by atoms with Gasteiger partial charge in [-0.2, -0.15) is 0 Å². The average molecular weight is 252 g/mol. The lowest BCUT2D eigenvalue weighted by atomic mass is 9.95. The maximum atomic E-state index is 12.8. The summed E-state index contributed by atoms with van der Waals surface area (Å²) in [5.41, 5.74) is 7.15. The molecule has 0 atom stereocenters. The number of nitrogens with two attached hydrogens (primary N) is 1. The zero-order chi connectivity index (χ0) is 13.2. The number of nitrogens with one attached hydrogen (secondary N) is 1. The minimum Gasteiger partial charge on any atom is -0.368 e. The van der Waals surface area contributed by atoms with E-state index in [1.165, 1.54) is 12.1 Å². The molecule has 0 spiro atoms. The van der Waals surface area contributed by atoms with Crippen molar-refractivity contribution >= 4 is 11.8 Å². The molecule has 0 aromatic heterocycles. The summed E-state index contributed by atoms with van der Waals surface area (Å²) in [6, 6.07) is 5.78. The number of halogens is 1. The van der Waals surface area contributed by atoms with Gasteiger partial charge < -0.3 is 5.73 Å². The first-order chi connectivity index (χ1) is 8.54. The zero-order valence-electron chi connectivity index (χ0n) is 9.61. The summed E-state index contributed by atoms with van der Waals surface area (Å²) in [7, 11) is 0. The molecule has 6 heteroatoms. The summed E-state index contributed by atoms with van der Waals surface area (Å²) in [6.45, 7) is -0.370. The van der Waals surface area contributed by atoms with Gasteiger partial charge >= 0.3 is 0 Å². The lowest BCUT2D eigenvalue weighted by Gasteiger charge is -2.15. The predicted molar refractivity (Wildman–Crippen MR) is 60.6 cm³/mol. The lowest BCUT2D eigenvalue weighted by Crippen LogP contribution is -2.36. The molecule has 1 aromatic carbocycles. The van der Waals surface area contributed by atoms with E-state index < -0.39 is 11.3 Å². The van der Waals surface area contributed by atoms with Crippen molar-refractivity contribution in [2.45, 2.75) is 18.3 Å². The number of hydroxylamine groups is 1. The van der Waals surface area contributed by atoms with E-state index in [-0.39, 0.29) is 18.3 Å². The van der Waals surface area contributed by atoms with Crippen LogP contribution in [0.4, 0.5) is 4.39 Å². The Bertz CT molecular complexity index is 469. The van der Waals surface area contributed by atoms with Gasteiger partial charge in [-0.3, -0.25) is 14.4 Å². The van der Waals surface area contributed by atoms with Crippen LogP contribution in [0.25, 0.3) is 0 Å². The van der Waals surface area contributed by atoms with Gasteiger partial charge in [0.15, 0.2) is 6.61 Å². The second-order valence-corrected chi connectivity index (χ2v) is 4.28. The molecule has 0 saturated heterocycles. The fourth-order valence-corrected chi connectivity index (χ4v) is 1.81. The number of benzene rings is 1. The maximum absolute atomic E-state index is 12.8. The van der Waals surface area contributed by atoms with E-state index in [4.69, 9.17) is 5.73 Å². The van der Waals surface area contributed by atoms with Crippen molar-refractivity contribution < 1.29 is 18.8 Å². The fourth-order valence-electron chi connectivity index (χ4n) is 1.81. The number of carbonyl (C=O) groups excluding carboxylic acids is 2. The van der Waals surface area contributed by atoms with Crippen LogP contribution in [-0.4, -0.2) is 18.4 Å². The molecule has 0 bridgehead atoms.